The molecule has 3 aliphatic heterocycles. The van der Waals surface area contributed by atoms with E-state index in [0.29, 0.717) is 0 Å². The molecule has 0 fully saturated rings. The summed E-state index contributed by atoms with van der Waals surface area (Å²) in [6, 6.07) is 30.3. The lowest BCUT2D eigenvalue weighted by Crippen LogP contribution is -2.43. The van der Waals surface area contributed by atoms with Crippen LogP contribution in [0.15, 0.2) is 121 Å². The van der Waals surface area contributed by atoms with Crippen LogP contribution in [-0.2, 0) is 0 Å². The van der Waals surface area contributed by atoms with E-state index in [0.717, 1.165) is 13.3 Å². The minimum atomic E-state index is 0.800. The molecule has 0 saturated carbocycles. The number of hydrazine groups is 1. The van der Waals surface area contributed by atoms with E-state index in [1.54, 1.807) is 0 Å². The van der Waals surface area contributed by atoms with Gasteiger partial charge in [0.15, 0.2) is 0 Å². The van der Waals surface area contributed by atoms with Crippen LogP contribution < -0.4 is 9.80 Å². The van der Waals surface area contributed by atoms with E-state index in [9.17, 15) is 0 Å². The summed E-state index contributed by atoms with van der Waals surface area (Å²) in [6.45, 7) is 1.60. The summed E-state index contributed by atoms with van der Waals surface area (Å²) < 4.78 is 0. The second-order valence-corrected chi connectivity index (χ2v) is 8.46. The van der Waals surface area contributed by atoms with Gasteiger partial charge in [-0.1, -0.05) is 72.8 Å². The molecule has 0 N–H and O–H groups in total. The van der Waals surface area contributed by atoms with Crippen LogP contribution in [0, 0.1) is 0 Å². The van der Waals surface area contributed by atoms with Crippen molar-refractivity contribution >= 4 is 32.9 Å². The number of nitrogens with zero attached hydrogens (tertiary/aromatic N) is 4. The maximum atomic E-state index is 2.37. The Morgan fingerprint density at radius 2 is 0.906 bits per heavy atom. The quantitative estimate of drug-likeness (QED) is 0.398. The van der Waals surface area contributed by atoms with Gasteiger partial charge in [-0.2, -0.15) is 0 Å². The van der Waals surface area contributed by atoms with Crippen molar-refractivity contribution < 1.29 is 0 Å². The third kappa shape index (κ3) is 2.56. The lowest BCUT2D eigenvalue weighted by molar-refractivity contribution is 0.0742. The molecule has 4 aromatic rings. The summed E-state index contributed by atoms with van der Waals surface area (Å²) >= 11 is 0. The smallest absolute Gasteiger partial charge is 0.115 e. The van der Waals surface area contributed by atoms with Gasteiger partial charge in [0.05, 0.1) is 22.8 Å². The average Bonchev–Trinajstić information content (AvgIpc) is 3.47. The first-order chi connectivity index (χ1) is 15.8. The molecule has 0 amide bonds. The van der Waals surface area contributed by atoms with Crippen LogP contribution in [0.25, 0.3) is 21.5 Å². The van der Waals surface area contributed by atoms with Crippen molar-refractivity contribution in [3.63, 3.8) is 0 Å². The summed E-state index contributed by atoms with van der Waals surface area (Å²) in [5.74, 6) is 0. The van der Waals surface area contributed by atoms with Crippen molar-refractivity contribution in [1.82, 2.24) is 10.0 Å². The van der Waals surface area contributed by atoms with E-state index >= 15 is 0 Å². The van der Waals surface area contributed by atoms with Crippen LogP contribution in [0.1, 0.15) is 0 Å². The van der Waals surface area contributed by atoms with Gasteiger partial charge in [0.2, 0.25) is 0 Å². The van der Waals surface area contributed by atoms with Gasteiger partial charge in [0.25, 0.3) is 0 Å². The van der Waals surface area contributed by atoms with Gasteiger partial charge >= 0.3 is 0 Å². The fourth-order valence-corrected chi connectivity index (χ4v) is 5.06. The Morgan fingerprint density at radius 1 is 0.469 bits per heavy atom. The molecule has 4 heteroatoms. The molecule has 32 heavy (non-hydrogen) atoms. The largest absolute Gasteiger partial charge is 0.325 e. The zero-order valence-corrected chi connectivity index (χ0v) is 17.6. The van der Waals surface area contributed by atoms with Gasteiger partial charge in [0, 0.05) is 23.2 Å². The van der Waals surface area contributed by atoms with Crippen LogP contribution >= 0.6 is 0 Å². The maximum absolute atomic E-state index is 2.37. The minimum absolute atomic E-state index is 0.800. The average molecular weight is 415 g/mol. The molecule has 0 spiro atoms. The van der Waals surface area contributed by atoms with Gasteiger partial charge in [-0.15, -0.1) is 0 Å². The minimum Gasteiger partial charge on any atom is -0.325 e. The highest BCUT2D eigenvalue weighted by atomic mass is 15.7. The number of anilines is 2. The SMILES string of the molecule is C1=CC2=CN(c3cccc4ccccc34)CN2N2CN(c3cccc4ccccc34)C=C12. The Balaban J connectivity index is 1.22. The van der Waals surface area contributed by atoms with Crippen molar-refractivity contribution in [2.75, 3.05) is 23.1 Å². The third-order valence-electron chi connectivity index (χ3n) is 6.61. The number of allylic oxidation sites excluding steroid dienone is 2. The molecular weight excluding hydrogens is 392 g/mol. The van der Waals surface area contributed by atoms with Crippen LogP contribution in [0.5, 0.6) is 0 Å². The number of fused-ring (bicyclic) bond motifs is 5. The molecule has 0 bridgehead atoms. The molecule has 4 nitrogen and oxygen atoms in total. The summed E-state index contributed by atoms with van der Waals surface area (Å²) in [5.41, 5.74) is 4.92. The zero-order valence-electron chi connectivity index (χ0n) is 17.6. The van der Waals surface area contributed by atoms with Crippen LogP contribution in [0.3, 0.4) is 0 Å². The molecule has 0 radical (unpaired) electrons. The highest BCUT2D eigenvalue weighted by Crippen LogP contribution is 2.38. The molecule has 0 aliphatic carbocycles. The molecule has 3 aliphatic rings. The summed E-state index contributed by atoms with van der Waals surface area (Å²) in [6.07, 6.45) is 8.96. The molecule has 0 atom stereocenters. The van der Waals surface area contributed by atoms with Gasteiger partial charge in [-0.25, -0.2) is 0 Å². The first-order valence-corrected chi connectivity index (χ1v) is 11.0. The Bertz CT molecular complexity index is 1340. The lowest BCUT2D eigenvalue weighted by Gasteiger charge is -2.37. The molecular formula is C28H22N4. The predicted molar refractivity (Wildman–Crippen MR) is 132 cm³/mol. The number of rotatable bonds is 2. The van der Waals surface area contributed by atoms with E-state index in [2.05, 4.69) is 129 Å². The van der Waals surface area contributed by atoms with E-state index in [1.807, 2.05) is 0 Å². The monoisotopic (exact) mass is 414 g/mol. The second-order valence-electron chi connectivity index (χ2n) is 8.46. The Labute approximate surface area is 187 Å². The molecule has 3 heterocycles. The Kier molecular flexibility index (Phi) is 3.64. The van der Waals surface area contributed by atoms with Crippen LogP contribution in [-0.4, -0.2) is 23.4 Å². The third-order valence-corrected chi connectivity index (χ3v) is 6.61. The number of benzene rings is 4. The Morgan fingerprint density at radius 3 is 1.41 bits per heavy atom. The molecule has 0 unspecified atom stereocenters. The maximum Gasteiger partial charge on any atom is 0.115 e. The van der Waals surface area contributed by atoms with Crippen LogP contribution in [0.4, 0.5) is 11.4 Å². The topological polar surface area (TPSA) is 13.0 Å². The first kappa shape index (κ1) is 17.5. The van der Waals surface area contributed by atoms with E-state index in [-0.39, 0.29) is 0 Å². The predicted octanol–water partition coefficient (Wildman–Crippen LogP) is 6.02. The standard InChI is InChI=1S/C28H22N4/c1-3-11-25-21(7-1)9-5-13-27(25)29-17-23-15-16-24-18-30(20-32(24)31(23)19-29)28-14-6-10-22-8-2-4-12-26(22)28/h1-18H,19-20H2. The zero-order chi connectivity index (χ0) is 21.1. The van der Waals surface area contributed by atoms with Crippen molar-refractivity contribution in [3.8, 4) is 0 Å². The summed E-state index contributed by atoms with van der Waals surface area (Å²) in [4.78, 5) is 4.71. The second kappa shape index (κ2) is 6.66. The molecule has 154 valence electrons. The van der Waals surface area contributed by atoms with Crippen molar-refractivity contribution in [1.29, 1.82) is 0 Å². The van der Waals surface area contributed by atoms with Gasteiger partial charge in [-0.3, -0.25) is 10.0 Å². The van der Waals surface area contributed by atoms with E-state index in [1.165, 1.54) is 44.3 Å². The molecule has 4 aromatic carbocycles. The van der Waals surface area contributed by atoms with Crippen molar-refractivity contribution in [2.45, 2.75) is 0 Å². The number of hydrogen-bond acceptors (Lipinski definition) is 4. The molecule has 0 saturated heterocycles. The van der Waals surface area contributed by atoms with Gasteiger partial charge < -0.3 is 9.80 Å². The Hall–Kier alpha value is -4.18. The summed E-state index contributed by atoms with van der Waals surface area (Å²) in [7, 11) is 0. The van der Waals surface area contributed by atoms with Gasteiger partial charge in [0.1, 0.15) is 13.3 Å². The van der Waals surface area contributed by atoms with E-state index in [4.69, 9.17) is 0 Å². The first-order valence-electron chi connectivity index (χ1n) is 11.0. The fraction of sp³-hybridized carbons (Fsp3) is 0.0714. The van der Waals surface area contributed by atoms with E-state index < -0.39 is 0 Å². The van der Waals surface area contributed by atoms with Gasteiger partial charge in [-0.05, 0) is 35.1 Å². The highest BCUT2D eigenvalue weighted by Gasteiger charge is 2.34. The number of hydrogen-bond donors (Lipinski definition) is 0. The fourth-order valence-electron chi connectivity index (χ4n) is 5.06. The lowest BCUT2D eigenvalue weighted by atomic mass is 10.1. The normalized spacial score (nSPS) is 17.1. The highest BCUT2D eigenvalue weighted by molar-refractivity contribution is 5.95. The molecule has 7 rings (SSSR count). The van der Waals surface area contributed by atoms with Crippen molar-refractivity contribution in [2.24, 2.45) is 0 Å². The van der Waals surface area contributed by atoms with Crippen LogP contribution in [0.2, 0.25) is 0 Å². The summed E-state index contributed by atoms with van der Waals surface area (Å²) in [5, 5.41) is 9.85. The molecule has 0 aromatic heterocycles. The van der Waals surface area contributed by atoms with Crippen molar-refractivity contribution in [3.05, 3.63) is 121 Å².